The summed E-state index contributed by atoms with van der Waals surface area (Å²) in [6, 6.07) is 13.9. The molecule has 0 aliphatic rings. The maximum absolute atomic E-state index is 13.6. The minimum absolute atomic E-state index is 0.0980. The largest absolute Gasteiger partial charge is 0.487 e. The van der Waals surface area contributed by atoms with Crippen LogP contribution >= 0.6 is 22.6 Å². The first-order chi connectivity index (χ1) is 16.5. The van der Waals surface area contributed by atoms with E-state index in [1.165, 1.54) is 12.3 Å². The number of para-hydroxylation sites is 1. The number of pyridine rings is 2. The number of aromatic amines is 1. The number of nitrogens with one attached hydrogen (secondary N) is 2. The van der Waals surface area contributed by atoms with Gasteiger partial charge in [-0.05, 0) is 71.6 Å². The van der Waals surface area contributed by atoms with Gasteiger partial charge in [-0.2, -0.15) is 4.39 Å². The Morgan fingerprint density at radius 1 is 1.18 bits per heavy atom. The van der Waals surface area contributed by atoms with Gasteiger partial charge in [-0.3, -0.25) is 14.5 Å². The molecule has 34 heavy (non-hydrogen) atoms. The molecule has 4 aromatic rings. The number of nitrogens with zero attached hydrogens (tertiary/aromatic N) is 2. The Balaban J connectivity index is 1.40. The molecule has 0 aliphatic carbocycles. The zero-order chi connectivity index (χ0) is 24.1. The molecule has 2 aromatic carbocycles. The van der Waals surface area contributed by atoms with Crippen LogP contribution in [0.5, 0.6) is 5.75 Å². The van der Waals surface area contributed by atoms with Crippen LogP contribution in [0.4, 0.5) is 4.39 Å². The van der Waals surface area contributed by atoms with E-state index in [2.05, 4.69) is 42.8 Å². The van der Waals surface area contributed by atoms with Crippen molar-refractivity contribution in [1.82, 2.24) is 20.2 Å². The van der Waals surface area contributed by atoms with Crippen molar-refractivity contribution < 1.29 is 13.9 Å². The lowest BCUT2D eigenvalue weighted by Crippen LogP contribution is -2.37. The molecule has 0 spiro atoms. The molecular formula is C25H24FIN4O3. The van der Waals surface area contributed by atoms with Crippen molar-refractivity contribution in [3.8, 4) is 5.75 Å². The first-order valence-electron chi connectivity index (χ1n) is 11.0. The molecule has 1 amide bonds. The van der Waals surface area contributed by atoms with Crippen LogP contribution in [0.3, 0.4) is 0 Å². The van der Waals surface area contributed by atoms with Crippen LogP contribution in [0.2, 0.25) is 0 Å². The number of benzene rings is 2. The van der Waals surface area contributed by atoms with Crippen molar-refractivity contribution in [3.63, 3.8) is 0 Å². The zero-order valence-corrected chi connectivity index (χ0v) is 20.8. The average molecular weight is 574 g/mol. The zero-order valence-electron chi connectivity index (χ0n) is 18.6. The summed E-state index contributed by atoms with van der Waals surface area (Å²) in [6.45, 7) is 4.66. The smallest absolute Gasteiger partial charge is 0.255 e. The highest BCUT2D eigenvalue weighted by molar-refractivity contribution is 14.1. The number of hydrogen-bond acceptors (Lipinski definition) is 5. The lowest BCUT2D eigenvalue weighted by Gasteiger charge is -2.20. The second kappa shape index (κ2) is 10.9. The molecule has 176 valence electrons. The van der Waals surface area contributed by atoms with Crippen LogP contribution in [0, 0.1) is 9.52 Å². The minimum Gasteiger partial charge on any atom is -0.487 e. The number of carbonyl (C=O) groups excluding carboxylic acids is 1. The number of likely N-dealkylation sites (N-methyl/N-ethyl adjacent to an activating group) is 1. The molecule has 0 bridgehead atoms. The fourth-order valence-electron chi connectivity index (χ4n) is 3.77. The third kappa shape index (κ3) is 5.36. The van der Waals surface area contributed by atoms with Gasteiger partial charge >= 0.3 is 0 Å². The van der Waals surface area contributed by atoms with Crippen molar-refractivity contribution in [2.45, 2.75) is 6.92 Å². The molecule has 0 saturated heterocycles. The molecule has 7 nitrogen and oxygen atoms in total. The second-order valence-corrected chi connectivity index (χ2v) is 8.95. The molecule has 0 saturated carbocycles. The Morgan fingerprint density at radius 3 is 2.82 bits per heavy atom. The van der Waals surface area contributed by atoms with E-state index in [0.717, 1.165) is 10.1 Å². The maximum atomic E-state index is 13.6. The van der Waals surface area contributed by atoms with Crippen molar-refractivity contribution in [1.29, 1.82) is 0 Å². The molecule has 9 heteroatoms. The van der Waals surface area contributed by atoms with E-state index in [0.29, 0.717) is 53.6 Å². The summed E-state index contributed by atoms with van der Waals surface area (Å²) in [5, 5.41) is 4.02. The number of aromatic nitrogens is 2. The average Bonchev–Trinajstić information content (AvgIpc) is 2.84. The Morgan fingerprint density at radius 2 is 2.03 bits per heavy atom. The standard InChI is InChI=1S/C25H24FIN4O3/c1-2-31(13-14-34-21-7-4-10-28-24(21)26)12-11-29-25(33)18-6-3-5-17-22(18)30-20-9-8-16(27)15-19(20)23(17)32/h3-10,15H,2,11-14H2,1H3,(H,29,33)(H,30,32). The van der Waals surface area contributed by atoms with E-state index in [-0.39, 0.29) is 17.1 Å². The highest BCUT2D eigenvalue weighted by atomic mass is 127. The van der Waals surface area contributed by atoms with E-state index in [9.17, 15) is 14.0 Å². The van der Waals surface area contributed by atoms with Crippen LogP contribution in [0.1, 0.15) is 17.3 Å². The molecule has 2 N–H and O–H groups in total. The number of rotatable bonds is 9. The third-order valence-corrected chi connectivity index (χ3v) is 6.26. The molecule has 0 radical (unpaired) electrons. The molecule has 0 aliphatic heterocycles. The van der Waals surface area contributed by atoms with E-state index in [1.54, 1.807) is 24.3 Å². The van der Waals surface area contributed by atoms with Crippen LogP contribution < -0.4 is 15.5 Å². The maximum Gasteiger partial charge on any atom is 0.255 e. The van der Waals surface area contributed by atoms with Gasteiger partial charge in [-0.1, -0.05) is 13.0 Å². The molecular weight excluding hydrogens is 550 g/mol. The van der Waals surface area contributed by atoms with Gasteiger partial charge in [0.2, 0.25) is 0 Å². The van der Waals surface area contributed by atoms with Gasteiger partial charge in [-0.15, -0.1) is 0 Å². The van der Waals surface area contributed by atoms with E-state index >= 15 is 0 Å². The number of hydrogen-bond donors (Lipinski definition) is 2. The number of H-pyrrole nitrogens is 1. The van der Waals surface area contributed by atoms with Gasteiger partial charge in [0.25, 0.3) is 11.9 Å². The van der Waals surface area contributed by atoms with Gasteiger partial charge < -0.3 is 15.0 Å². The number of halogens is 2. The highest BCUT2D eigenvalue weighted by Crippen LogP contribution is 2.20. The van der Waals surface area contributed by atoms with Gasteiger partial charge in [0, 0.05) is 45.7 Å². The number of carbonyl (C=O) groups is 1. The van der Waals surface area contributed by atoms with Crippen LogP contribution in [0.15, 0.2) is 59.5 Å². The normalized spacial score (nSPS) is 11.3. The number of fused-ring (bicyclic) bond motifs is 2. The van der Waals surface area contributed by atoms with E-state index < -0.39 is 5.95 Å². The van der Waals surface area contributed by atoms with Gasteiger partial charge in [0.1, 0.15) is 6.61 Å². The predicted molar refractivity (Wildman–Crippen MR) is 139 cm³/mol. The van der Waals surface area contributed by atoms with Crippen LogP contribution in [-0.2, 0) is 0 Å². The second-order valence-electron chi connectivity index (χ2n) is 7.70. The third-order valence-electron chi connectivity index (χ3n) is 5.59. The van der Waals surface area contributed by atoms with Crippen molar-refractivity contribution >= 4 is 50.3 Å². The molecule has 0 unspecified atom stereocenters. The Hall–Kier alpha value is -3.05. The fraction of sp³-hybridized carbons (Fsp3) is 0.240. The summed E-state index contributed by atoms with van der Waals surface area (Å²) in [7, 11) is 0. The number of ether oxygens (including phenoxy) is 1. The first-order valence-corrected chi connectivity index (χ1v) is 12.0. The monoisotopic (exact) mass is 574 g/mol. The van der Waals surface area contributed by atoms with Crippen molar-refractivity contribution in [2.75, 3.05) is 32.8 Å². The topological polar surface area (TPSA) is 87.3 Å². The minimum atomic E-state index is -0.631. The van der Waals surface area contributed by atoms with Crippen molar-refractivity contribution in [2.24, 2.45) is 0 Å². The SMILES string of the molecule is CCN(CCNC(=O)c1cccc2c(=O)c3cc(I)ccc3[nH]c12)CCOc1cccnc1F. The summed E-state index contributed by atoms with van der Waals surface area (Å²) in [6.07, 6.45) is 1.37. The quantitative estimate of drug-likeness (QED) is 0.180. The lowest BCUT2D eigenvalue weighted by atomic mass is 10.1. The summed E-state index contributed by atoms with van der Waals surface area (Å²) in [4.78, 5) is 34.8. The summed E-state index contributed by atoms with van der Waals surface area (Å²) >= 11 is 2.17. The predicted octanol–water partition coefficient (Wildman–Crippen LogP) is 3.95. The summed E-state index contributed by atoms with van der Waals surface area (Å²) in [5.41, 5.74) is 1.55. The number of amides is 1. The fourth-order valence-corrected chi connectivity index (χ4v) is 4.26. The van der Waals surface area contributed by atoms with Crippen LogP contribution in [0.25, 0.3) is 21.8 Å². The van der Waals surface area contributed by atoms with Gasteiger partial charge in [0.05, 0.1) is 11.1 Å². The Labute approximate surface area is 209 Å². The van der Waals surface area contributed by atoms with E-state index in [1.807, 2.05) is 25.1 Å². The molecule has 0 fully saturated rings. The van der Waals surface area contributed by atoms with Crippen LogP contribution in [-0.4, -0.2) is 53.6 Å². The molecule has 4 rings (SSSR count). The van der Waals surface area contributed by atoms with Gasteiger partial charge in [0.15, 0.2) is 11.2 Å². The van der Waals surface area contributed by atoms with E-state index in [4.69, 9.17) is 4.74 Å². The molecule has 2 heterocycles. The summed E-state index contributed by atoms with van der Waals surface area (Å²) in [5.74, 6) is -0.761. The molecule has 0 atom stereocenters. The van der Waals surface area contributed by atoms with Crippen molar-refractivity contribution in [3.05, 3.63) is 80.0 Å². The first kappa shape index (κ1) is 24.1. The Kier molecular flexibility index (Phi) is 7.73. The Bertz CT molecular complexity index is 1390. The lowest BCUT2D eigenvalue weighted by molar-refractivity contribution is 0.0949. The van der Waals surface area contributed by atoms with Gasteiger partial charge in [-0.25, -0.2) is 4.98 Å². The summed E-state index contributed by atoms with van der Waals surface area (Å²) < 4.78 is 20.0. The molecule has 2 aromatic heterocycles. The highest BCUT2D eigenvalue weighted by Gasteiger charge is 2.14.